The Balaban J connectivity index is 1.99. The number of benzene rings is 2. The van der Waals surface area contributed by atoms with Gasteiger partial charge in [-0.3, -0.25) is 4.90 Å². The number of nitrogens with zero attached hydrogens (tertiary/aromatic N) is 1. The van der Waals surface area contributed by atoms with Crippen molar-refractivity contribution in [3.63, 3.8) is 0 Å². The highest BCUT2D eigenvalue weighted by Gasteiger charge is 2.42. The minimum absolute atomic E-state index is 0.674. The van der Waals surface area contributed by atoms with Crippen molar-refractivity contribution in [2.75, 3.05) is 6.54 Å². The van der Waals surface area contributed by atoms with Crippen LogP contribution in [0.25, 0.3) is 0 Å². The molecule has 1 atom stereocenters. The van der Waals surface area contributed by atoms with Gasteiger partial charge in [-0.1, -0.05) is 54.6 Å². The molecule has 0 fully saturated rings. The van der Waals surface area contributed by atoms with Gasteiger partial charge in [0.2, 0.25) is 0 Å². The number of hydrogen-bond acceptors (Lipinski definition) is 2. The third-order valence-electron chi connectivity index (χ3n) is 4.52. The zero-order valence-corrected chi connectivity index (χ0v) is 12.1. The van der Waals surface area contributed by atoms with Crippen LogP contribution in [0.2, 0.25) is 0 Å². The van der Waals surface area contributed by atoms with E-state index in [-0.39, 0.29) is 0 Å². The van der Waals surface area contributed by atoms with Crippen molar-refractivity contribution in [2.45, 2.75) is 25.4 Å². The maximum absolute atomic E-state index is 12.0. The summed E-state index contributed by atoms with van der Waals surface area (Å²) in [4.78, 5) is 14.1. The first-order valence-electron chi connectivity index (χ1n) is 7.23. The Bertz CT molecular complexity index is 653. The molecule has 0 aromatic heterocycles. The van der Waals surface area contributed by atoms with Crippen LogP contribution >= 0.6 is 0 Å². The van der Waals surface area contributed by atoms with E-state index in [1.165, 1.54) is 11.1 Å². The molecular weight excluding hydrogens is 262 g/mol. The van der Waals surface area contributed by atoms with Gasteiger partial charge in [-0.2, -0.15) is 0 Å². The van der Waals surface area contributed by atoms with Gasteiger partial charge in [-0.05, 0) is 30.0 Å². The molecule has 0 saturated heterocycles. The van der Waals surface area contributed by atoms with Crippen LogP contribution in [0, 0.1) is 0 Å². The van der Waals surface area contributed by atoms with Crippen LogP contribution in [-0.4, -0.2) is 22.5 Å². The maximum Gasteiger partial charge on any atom is 0.328 e. The Morgan fingerprint density at radius 2 is 1.67 bits per heavy atom. The summed E-state index contributed by atoms with van der Waals surface area (Å²) in [5, 5.41) is 9.84. The van der Waals surface area contributed by atoms with E-state index >= 15 is 0 Å². The first kappa shape index (κ1) is 13.8. The van der Waals surface area contributed by atoms with Crippen molar-refractivity contribution >= 4 is 5.97 Å². The van der Waals surface area contributed by atoms with Gasteiger partial charge < -0.3 is 5.11 Å². The predicted molar refractivity (Wildman–Crippen MR) is 82.0 cm³/mol. The molecular formula is C18H19NO2. The van der Waals surface area contributed by atoms with E-state index in [9.17, 15) is 9.90 Å². The lowest BCUT2D eigenvalue weighted by Gasteiger charge is -2.41. The molecule has 0 unspecified atom stereocenters. The summed E-state index contributed by atoms with van der Waals surface area (Å²) in [6.07, 6.45) is 0.895. The number of fused-ring (bicyclic) bond motifs is 1. The molecule has 3 rings (SSSR count). The normalized spacial score (nSPS) is 17.8. The van der Waals surface area contributed by atoms with Gasteiger partial charge in [0.25, 0.3) is 0 Å². The quantitative estimate of drug-likeness (QED) is 0.940. The van der Waals surface area contributed by atoms with Gasteiger partial charge in [0.15, 0.2) is 0 Å². The van der Waals surface area contributed by atoms with E-state index in [1.54, 1.807) is 6.92 Å². The molecule has 0 saturated carbocycles. The van der Waals surface area contributed by atoms with Crippen LogP contribution in [0.4, 0.5) is 0 Å². The summed E-state index contributed by atoms with van der Waals surface area (Å²) >= 11 is 0. The van der Waals surface area contributed by atoms with Gasteiger partial charge in [0.05, 0.1) is 0 Å². The zero-order chi connectivity index (χ0) is 14.9. The zero-order valence-electron chi connectivity index (χ0n) is 12.1. The first-order valence-corrected chi connectivity index (χ1v) is 7.23. The first-order chi connectivity index (χ1) is 10.1. The molecule has 1 N–H and O–H groups in total. The third-order valence-corrected chi connectivity index (χ3v) is 4.52. The Hall–Kier alpha value is -2.13. The van der Waals surface area contributed by atoms with E-state index in [2.05, 4.69) is 17.0 Å². The molecule has 1 heterocycles. The average Bonchev–Trinajstić information content (AvgIpc) is 2.54. The lowest BCUT2D eigenvalue weighted by Crippen LogP contribution is -2.51. The van der Waals surface area contributed by atoms with Crippen LogP contribution in [0.5, 0.6) is 0 Å². The maximum atomic E-state index is 12.0. The SMILES string of the molecule is C[C@@](C(=O)O)(c1ccccc1)N1CCc2ccccc2C1. The minimum atomic E-state index is -0.991. The number of hydrogen-bond donors (Lipinski definition) is 1. The van der Waals surface area contributed by atoms with Crippen molar-refractivity contribution in [1.82, 2.24) is 4.90 Å². The number of carboxylic acids is 1. The van der Waals surface area contributed by atoms with Crippen molar-refractivity contribution in [2.24, 2.45) is 0 Å². The van der Waals surface area contributed by atoms with Gasteiger partial charge in [0, 0.05) is 13.1 Å². The third kappa shape index (κ3) is 2.34. The van der Waals surface area contributed by atoms with Crippen LogP contribution in [-0.2, 0) is 23.3 Å². The fraction of sp³-hybridized carbons (Fsp3) is 0.278. The second-order valence-corrected chi connectivity index (χ2v) is 5.68. The van der Waals surface area contributed by atoms with E-state index in [1.807, 2.05) is 42.5 Å². The second kappa shape index (κ2) is 5.34. The Morgan fingerprint density at radius 3 is 2.33 bits per heavy atom. The Labute approximate surface area is 124 Å². The van der Waals surface area contributed by atoms with E-state index in [0.717, 1.165) is 18.5 Å². The van der Waals surface area contributed by atoms with Gasteiger partial charge in [-0.15, -0.1) is 0 Å². The monoisotopic (exact) mass is 281 g/mol. The molecule has 1 aliphatic heterocycles. The van der Waals surface area contributed by atoms with Crippen LogP contribution < -0.4 is 0 Å². The van der Waals surface area contributed by atoms with E-state index in [0.29, 0.717) is 6.54 Å². The summed E-state index contributed by atoms with van der Waals surface area (Å²) in [6.45, 7) is 3.24. The standard InChI is InChI=1S/C18H19NO2/c1-18(17(20)21,16-9-3-2-4-10-16)19-12-11-14-7-5-6-8-15(14)13-19/h2-10H,11-13H2,1H3,(H,20,21)/t18-/m0/s1. The molecule has 0 spiro atoms. The fourth-order valence-corrected chi connectivity index (χ4v) is 3.08. The van der Waals surface area contributed by atoms with Gasteiger partial charge >= 0.3 is 5.97 Å². The second-order valence-electron chi connectivity index (χ2n) is 5.68. The van der Waals surface area contributed by atoms with Crippen LogP contribution in [0.1, 0.15) is 23.6 Å². The molecule has 108 valence electrons. The molecule has 21 heavy (non-hydrogen) atoms. The number of carbonyl (C=O) groups is 1. The summed E-state index contributed by atoms with van der Waals surface area (Å²) in [5.41, 5.74) is 2.40. The van der Waals surface area contributed by atoms with Crippen molar-refractivity contribution in [3.05, 3.63) is 71.3 Å². The molecule has 2 aromatic carbocycles. The minimum Gasteiger partial charge on any atom is -0.480 e. The molecule has 1 aliphatic rings. The van der Waals surface area contributed by atoms with Crippen molar-refractivity contribution in [1.29, 1.82) is 0 Å². The van der Waals surface area contributed by atoms with Crippen molar-refractivity contribution in [3.8, 4) is 0 Å². The average molecular weight is 281 g/mol. The smallest absolute Gasteiger partial charge is 0.328 e. The fourth-order valence-electron chi connectivity index (χ4n) is 3.08. The molecule has 0 aliphatic carbocycles. The highest BCUT2D eigenvalue weighted by atomic mass is 16.4. The van der Waals surface area contributed by atoms with Crippen LogP contribution in [0.15, 0.2) is 54.6 Å². The van der Waals surface area contributed by atoms with Gasteiger partial charge in [-0.25, -0.2) is 4.79 Å². The molecule has 0 amide bonds. The molecule has 0 bridgehead atoms. The summed E-state index contributed by atoms with van der Waals surface area (Å²) in [6, 6.07) is 17.8. The lowest BCUT2D eigenvalue weighted by molar-refractivity contribution is -0.152. The van der Waals surface area contributed by atoms with Gasteiger partial charge in [0.1, 0.15) is 5.54 Å². The number of carboxylic acid groups (broad SMARTS) is 1. The highest BCUT2D eigenvalue weighted by Crippen LogP contribution is 2.33. The number of aliphatic carboxylic acids is 1. The summed E-state index contributed by atoms with van der Waals surface area (Å²) in [7, 11) is 0. The highest BCUT2D eigenvalue weighted by molar-refractivity contribution is 5.80. The summed E-state index contributed by atoms with van der Waals surface area (Å²) < 4.78 is 0. The Morgan fingerprint density at radius 1 is 1.05 bits per heavy atom. The van der Waals surface area contributed by atoms with Crippen LogP contribution in [0.3, 0.4) is 0 Å². The van der Waals surface area contributed by atoms with E-state index < -0.39 is 11.5 Å². The molecule has 0 radical (unpaired) electrons. The number of rotatable bonds is 3. The largest absolute Gasteiger partial charge is 0.480 e. The van der Waals surface area contributed by atoms with Crippen molar-refractivity contribution < 1.29 is 9.90 Å². The predicted octanol–water partition coefficient (Wildman–Crippen LogP) is 3.04. The summed E-state index contributed by atoms with van der Waals surface area (Å²) in [5.74, 6) is -0.798. The Kier molecular flexibility index (Phi) is 3.52. The topological polar surface area (TPSA) is 40.5 Å². The molecule has 3 nitrogen and oxygen atoms in total. The lowest BCUT2D eigenvalue weighted by atomic mass is 9.87. The molecule has 2 aromatic rings. The molecule has 3 heteroatoms. The van der Waals surface area contributed by atoms with E-state index in [4.69, 9.17) is 0 Å².